The van der Waals surface area contributed by atoms with E-state index in [1.165, 1.54) is 0 Å². The number of nitrogens with zero attached hydrogens (tertiary/aromatic N) is 1. The van der Waals surface area contributed by atoms with Gasteiger partial charge in [0.2, 0.25) is 0 Å². The topological polar surface area (TPSA) is 63.5 Å². The maximum atomic E-state index is 11.6. The molecule has 0 radical (unpaired) electrons. The molecule has 0 aliphatic carbocycles. The lowest BCUT2D eigenvalue weighted by Crippen LogP contribution is -2.18. The monoisotopic (exact) mass is 330 g/mol. The van der Waals surface area contributed by atoms with Gasteiger partial charge in [-0.25, -0.2) is 5.48 Å². The van der Waals surface area contributed by atoms with E-state index < -0.39 is 5.91 Å². The molecule has 1 aromatic heterocycles. The second-order valence-corrected chi connectivity index (χ2v) is 5.53. The van der Waals surface area contributed by atoms with Crippen LogP contribution in [0.25, 0.3) is 10.9 Å². The fourth-order valence-electron chi connectivity index (χ4n) is 2.53. The molecule has 0 unspecified atom stereocenters. The van der Waals surface area contributed by atoms with E-state index in [1.54, 1.807) is 30.8 Å². The predicted molar refractivity (Wildman–Crippen MR) is 88.3 cm³/mol. The lowest BCUT2D eigenvalue weighted by molar-refractivity contribution is 0.0706. The highest BCUT2D eigenvalue weighted by atomic mass is 35.5. The quantitative estimate of drug-likeness (QED) is 0.568. The number of aromatic nitrogens is 1. The van der Waals surface area contributed by atoms with E-state index in [2.05, 4.69) is 0 Å². The van der Waals surface area contributed by atoms with Crippen molar-refractivity contribution in [3.05, 3.63) is 64.8 Å². The molecular weight excluding hydrogens is 316 g/mol. The van der Waals surface area contributed by atoms with Crippen LogP contribution in [-0.2, 0) is 6.54 Å². The Kier molecular flexibility index (Phi) is 4.23. The fourth-order valence-corrected chi connectivity index (χ4v) is 2.72. The van der Waals surface area contributed by atoms with Crippen molar-refractivity contribution in [3.8, 4) is 5.75 Å². The van der Waals surface area contributed by atoms with E-state index in [9.17, 15) is 4.79 Å². The van der Waals surface area contributed by atoms with Gasteiger partial charge in [0.1, 0.15) is 5.75 Å². The molecular formula is C17H15ClN2O3. The van der Waals surface area contributed by atoms with Crippen molar-refractivity contribution < 1.29 is 14.7 Å². The summed E-state index contributed by atoms with van der Waals surface area (Å²) in [7, 11) is 1.58. The van der Waals surface area contributed by atoms with Crippen molar-refractivity contribution in [2.75, 3.05) is 7.11 Å². The van der Waals surface area contributed by atoms with Gasteiger partial charge in [-0.3, -0.25) is 10.0 Å². The Morgan fingerprint density at radius 3 is 2.83 bits per heavy atom. The van der Waals surface area contributed by atoms with Crippen LogP contribution in [0, 0.1) is 0 Å². The zero-order valence-corrected chi connectivity index (χ0v) is 13.2. The minimum Gasteiger partial charge on any atom is -0.495 e. The van der Waals surface area contributed by atoms with Crippen LogP contribution in [0.5, 0.6) is 5.75 Å². The molecule has 0 atom stereocenters. The first-order valence-corrected chi connectivity index (χ1v) is 7.36. The Bertz CT molecular complexity index is 873. The van der Waals surface area contributed by atoms with Crippen LogP contribution in [0.2, 0.25) is 5.02 Å². The first-order chi connectivity index (χ1) is 11.1. The zero-order chi connectivity index (χ0) is 16.4. The molecule has 0 fully saturated rings. The second kappa shape index (κ2) is 6.32. The van der Waals surface area contributed by atoms with E-state index in [-0.39, 0.29) is 0 Å². The molecule has 0 aliphatic heterocycles. The molecule has 1 amide bonds. The number of benzene rings is 2. The normalized spacial score (nSPS) is 10.7. The first-order valence-electron chi connectivity index (χ1n) is 6.98. The fraction of sp³-hybridized carbons (Fsp3) is 0.118. The molecule has 0 bridgehead atoms. The van der Waals surface area contributed by atoms with Crippen molar-refractivity contribution in [3.63, 3.8) is 0 Å². The third-order valence-corrected chi connectivity index (χ3v) is 4.02. The molecule has 0 aliphatic rings. The highest BCUT2D eigenvalue weighted by molar-refractivity contribution is 6.32. The number of halogens is 1. The summed E-state index contributed by atoms with van der Waals surface area (Å²) in [5, 5.41) is 10.3. The van der Waals surface area contributed by atoms with Gasteiger partial charge >= 0.3 is 0 Å². The standard InChI is InChI=1S/C17H15ClN2O3/c1-23-16-8-11(2-5-14(16)18)10-20-7-6-12-3-4-13(9-15(12)20)17(21)19-22/h2-9,22H,10H2,1H3,(H,19,21). The van der Waals surface area contributed by atoms with Crippen LogP contribution < -0.4 is 10.2 Å². The highest BCUT2D eigenvalue weighted by Gasteiger charge is 2.09. The Balaban J connectivity index is 1.98. The van der Waals surface area contributed by atoms with Gasteiger partial charge in [-0.15, -0.1) is 0 Å². The number of fused-ring (bicyclic) bond motifs is 1. The first kappa shape index (κ1) is 15.4. The van der Waals surface area contributed by atoms with Crippen molar-refractivity contribution in [1.82, 2.24) is 10.0 Å². The van der Waals surface area contributed by atoms with Gasteiger partial charge in [0.25, 0.3) is 5.91 Å². The number of rotatable bonds is 4. The van der Waals surface area contributed by atoms with Crippen LogP contribution in [0.3, 0.4) is 0 Å². The summed E-state index contributed by atoms with van der Waals surface area (Å²) in [4.78, 5) is 11.6. The predicted octanol–water partition coefficient (Wildman–Crippen LogP) is 3.47. The van der Waals surface area contributed by atoms with Crippen LogP contribution in [0.15, 0.2) is 48.7 Å². The minimum absolute atomic E-state index is 0.397. The molecule has 1 heterocycles. The Morgan fingerprint density at radius 2 is 2.09 bits per heavy atom. The third kappa shape index (κ3) is 3.02. The van der Waals surface area contributed by atoms with Crippen molar-refractivity contribution in [2.24, 2.45) is 0 Å². The summed E-state index contributed by atoms with van der Waals surface area (Å²) in [6.45, 7) is 0.612. The number of nitrogens with one attached hydrogen (secondary N) is 1. The molecule has 6 heteroatoms. The minimum atomic E-state index is -0.534. The summed E-state index contributed by atoms with van der Waals surface area (Å²) in [5.74, 6) is 0.0915. The number of hydrogen-bond donors (Lipinski definition) is 2. The number of amides is 1. The van der Waals surface area contributed by atoms with E-state index in [0.29, 0.717) is 22.9 Å². The molecule has 3 aromatic rings. The summed E-state index contributed by atoms with van der Waals surface area (Å²) in [6.07, 6.45) is 1.95. The number of carbonyl (C=O) groups is 1. The molecule has 0 saturated heterocycles. The summed E-state index contributed by atoms with van der Waals surface area (Å²) < 4.78 is 7.26. The molecule has 0 saturated carbocycles. The average molecular weight is 331 g/mol. The maximum Gasteiger partial charge on any atom is 0.274 e. The number of hydroxylamine groups is 1. The smallest absolute Gasteiger partial charge is 0.274 e. The van der Waals surface area contributed by atoms with Gasteiger partial charge in [-0.1, -0.05) is 23.7 Å². The SMILES string of the molecule is COc1cc(Cn2ccc3ccc(C(=O)NO)cc32)ccc1Cl. The van der Waals surface area contributed by atoms with E-state index >= 15 is 0 Å². The summed E-state index contributed by atoms with van der Waals surface area (Å²) in [5.41, 5.74) is 3.98. The largest absolute Gasteiger partial charge is 0.495 e. The Morgan fingerprint density at radius 1 is 1.26 bits per heavy atom. The molecule has 3 rings (SSSR count). The average Bonchev–Trinajstić information content (AvgIpc) is 2.98. The molecule has 118 valence electrons. The van der Waals surface area contributed by atoms with Crippen LogP contribution in [-0.4, -0.2) is 22.8 Å². The van der Waals surface area contributed by atoms with Gasteiger partial charge < -0.3 is 9.30 Å². The number of hydrogen-bond acceptors (Lipinski definition) is 3. The van der Waals surface area contributed by atoms with Gasteiger partial charge in [-0.2, -0.15) is 0 Å². The van der Waals surface area contributed by atoms with E-state index in [4.69, 9.17) is 21.5 Å². The van der Waals surface area contributed by atoms with Crippen LogP contribution in [0.1, 0.15) is 15.9 Å². The van der Waals surface area contributed by atoms with Crippen molar-refractivity contribution >= 4 is 28.4 Å². The van der Waals surface area contributed by atoms with Gasteiger partial charge in [-0.05, 0) is 41.3 Å². The molecule has 2 aromatic carbocycles. The Hall–Kier alpha value is -2.50. The lowest BCUT2D eigenvalue weighted by Gasteiger charge is -2.09. The Labute approximate surface area is 138 Å². The third-order valence-electron chi connectivity index (χ3n) is 3.71. The maximum absolute atomic E-state index is 11.6. The summed E-state index contributed by atoms with van der Waals surface area (Å²) in [6, 6.07) is 12.9. The van der Waals surface area contributed by atoms with Crippen molar-refractivity contribution in [1.29, 1.82) is 0 Å². The summed E-state index contributed by atoms with van der Waals surface area (Å²) >= 11 is 6.04. The number of methoxy groups -OCH3 is 1. The zero-order valence-electron chi connectivity index (χ0n) is 12.4. The van der Waals surface area contributed by atoms with Crippen LogP contribution in [0.4, 0.5) is 0 Å². The molecule has 5 nitrogen and oxygen atoms in total. The second-order valence-electron chi connectivity index (χ2n) is 5.13. The van der Waals surface area contributed by atoms with Crippen LogP contribution >= 0.6 is 11.6 Å². The van der Waals surface area contributed by atoms with E-state index in [0.717, 1.165) is 16.5 Å². The highest BCUT2D eigenvalue weighted by Crippen LogP contribution is 2.26. The van der Waals surface area contributed by atoms with Crippen molar-refractivity contribution in [2.45, 2.75) is 6.54 Å². The van der Waals surface area contributed by atoms with Gasteiger partial charge in [0, 0.05) is 23.8 Å². The molecule has 2 N–H and O–H groups in total. The van der Waals surface area contributed by atoms with E-state index in [1.807, 2.05) is 35.0 Å². The lowest BCUT2D eigenvalue weighted by atomic mass is 10.1. The van der Waals surface area contributed by atoms with Gasteiger partial charge in [0.05, 0.1) is 12.1 Å². The van der Waals surface area contributed by atoms with Gasteiger partial charge in [0.15, 0.2) is 0 Å². The molecule has 23 heavy (non-hydrogen) atoms. The molecule has 0 spiro atoms. The number of carbonyl (C=O) groups excluding carboxylic acids is 1. The number of ether oxygens (including phenoxy) is 1.